The number of hydrogen-bond acceptors (Lipinski definition) is 5. The number of esters is 1. The second-order valence-corrected chi connectivity index (χ2v) is 6.55. The molecular weight excluding hydrogens is 401 g/mol. The molecule has 0 N–H and O–H groups in total. The van der Waals surface area contributed by atoms with Crippen molar-refractivity contribution in [3.05, 3.63) is 93.7 Å². The van der Waals surface area contributed by atoms with Gasteiger partial charge in [0.2, 0.25) is 5.78 Å². The van der Waals surface area contributed by atoms with E-state index < -0.39 is 18.4 Å². The lowest BCUT2D eigenvalue weighted by Gasteiger charge is -2.09. The van der Waals surface area contributed by atoms with Crippen LogP contribution >= 0.6 is 23.2 Å². The minimum Gasteiger partial charge on any atom is -0.487 e. The summed E-state index contributed by atoms with van der Waals surface area (Å²) < 4.78 is 10.6. The fraction of sp³-hybridized carbons (Fsp3) is 0.0952. The van der Waals surface area contributed by atoms with Crippen LogP contribution in [0.25, 0.3) is 0 Å². The number of ether oxygens (including phenoxy) is 2. The highest BCUT2D eigenvalue weighted by Gasteiger charge is 2.13. The van der Waals surface area contributed by atoms with Crippen molar-refractivity contribution in [2.45, 2.75) is 6.61 Å². The van der Waals surface area contributed by atoms with Crippen molar-refractivity contribution < 1.29 is 19.1 Å². The van der Waals surface area contributed by atoms with E-state index in [1.807, 2.05) is 0 Å². The number of Topliss-reactive ketones (excluding diaryl/α,β-unsaturated/α-hetero) is 1. The number of rotatable bonds is 7. The van der Waals surface area contributed by atoms with Crippen molar-refractivity contribution in [2.24, 2.45) is 0 Å². The van der Waals surface area contributed by atoms with E-state index in [9.17, 15) is 9.59 Å². The first-order chi connectivity index (χ1) is 13.5. The first kappa shape index (κ1) is 19.9. The Kier molecular flexibility index (Phi) is 6.63. The molecule has 3 rings (SSSR count). The zero-order chi connectivity index (χ0) is 19.9. The van der Waals surface area contributed by atoms with Gasteiger partial charge in [0, 0.05) is 15.6 Å². The Balaban J connectivity index is 1.55. The topological polar surface area (TPSA) is 65.5 Å². The van der Waals surface area contributed by atoms with Gasteiger partial charge in [-0.15, -0.1) is 0 Å². The lowest BCUT2D eigenvalue weighted by atomic mass is 10.2. The van der Waals surface area contributed by atoms with Crippen molar-refractivity contribution in [3.8, 4) is 5.75 Å². The van der Waals surface area contributed by atoms with Gasteiger partial charge in [0.15, 0.2) is 6.61 Å². The SMILES string of the molecule is O=C(OCC(=O)c1ccc(OCc2c(Cl)cccc2Cl)cn1)c1ccccc1. The highest BCUT2D eigenvalue weighted by Crippen LogP contribution is 2.25. The maximum Gasteiger partial charge on any atom is 0.338 e. The van der Waals surface area contributed by atoms with E-state index in [2.05, 4.69) is 4.98 Å². The van der Waals surface area contributed by atoms with Gasteiger partial charge < -0.3 is 9.47 Å². The van der Waals surface area contributed by atoms with Crippen LogP contribution in [0, 0.1) is 0 Å². The van der Waals surface area contributed by atoms with Crippen LogP contribution in [0.2, 0.25) is 10.0 Å². The van der Waals surface area contributed by atoms with Gasteiger partial charge in [-0.25, -0.2) is 9.78 Å². The lowest BCUT2D eigenvalue weighted by Crippen LogP contribution is -2.15. The molecule has 0 amide bonds. The molecule has 7 heteroatoms. The standard InChI is InChI=1S/C21H15Cl2NO4/c22-17-7-4-8-18(23)16(17)12-27-15-9-10-19(24-11-15)20(25)13-28-21(26)14-5-2-1-3-6-14/h1-11H,12-13H2. The van der Waals surface area contributed by atoms with Gasteiger partial charge in [0.1, 0.15) is 18.1 Å². The Morgan fingerprint density at radius 2 is 1.61 bits per heavy atom. The molecular formula is C21H15Cl2NO4. The van der Waals surface area contributed by atoms with Gasteiger partial charge in [0.05, 0.1) is 11.8 Å². The fourth-order valence-electron chi connectivity index (χ4n) is 2.32. The summed E-state index contributed by atoms with van der Waals surface area (Å²) >= 11 is 12.2. The van der Waals surface area contributed by atoms with E-state index in [1.165, 1.54) is 12.3 Å². The van der Waals surface area contributed by atoms with Crippen LogP contribution < -0.4 is 4.74 Å². The van der Waals surface area contributed by atoms with Crippen LogP contribution in [0.4, 0.5) is 0 Å². The first-order valence-electron chi connectivity index (χ1n) is 8.31. The third-order valence-corrected chi connectivity index (χ3v) is 4.52. The van der Waals surface area contributed by atoms with E-state index in [4.69, 9.17) is 32.7 Å². The smallest absolute Gasteiger partial charge is 0.338 e. The average molecular weight is 416 g/mol. The number of pyridine rings is 1. The molecule has 0 unspecified atom stereocenters. The highest BCUT2D eigenvalue weighted by molar-refractivity contribution is 6.35. The third-order valence-electron chi connectivity index (χ3n) is 3.81. The van der Waals surface area contributed by atoms with E-state index in [1.54, 1.807) is 54.6 Å². The molecule has 28 heavy (non-hydrogen) atoms. The van der Waals surface area contributed by atoms with Crippen LogP contribution in [0.1, 0.15) is 26.4 Å². The van der Waals surface area contributed by atoms with Gasteiger partial charge in [0.25, 0.3) is 0 Å². The number of nitrogens with zero attached hydrogens (tertiary/aromatic N) is 1. The summed E-state index contributed by atoms with van der Waals surface area (Å²) in [6, 6.07) is 16.8. The van der Waals surface area contributed by atoms with Crippen molar-refractivity contribution >= 4 is 35.0 Å². The first-order valence-corrected chi connectivity index (χ1v) is 9.07. The summed E-state index contributed by atoms with van der Waals surface area (Å²) in [5.41, 5.74) is 1.22. The molecule has 0 aliphatic heterocycles. The zero-order valence-electron chi connectivity index (χ0n) is 14.6. The molecule has 5 nitrogen and oxygen atoms in total. The largest absolute Gasteiger partial charge is 0.487 e. The van der Waals surface area contributed by atoms with Crippen LogP contribution in [-0.2, 0) is 11.3 Å². The van der Waals surface area contributed by atoms with Crippen LogP contribution in [-0.4, -0.2) is 23.3 Å². The number of ketones is 1. The molecule has 0 fully saturated rings. The van der Waals surface area contributed by atoms with Crippen molar-refractivity contribution in [1.29, 1.82) is 0 Å². The summed E-state index contributed by atoms with van der Waals surface area (Å²) in [6.45, 7) is -0.224. The molecule has 0 aliphatic rings. The summed E-state index contributed by atoms with van der Waals surface area (Å²) in [7, 11) is 0. The number of halogens is 2. The predicted octanol–water partition coefficient (Wildman–Crippen LogP) is 5.01. The maximum atomic E-state index is 12.1. The Morgan fingerprint density at radius 1 is 0.893 bits per heavy atom. The van der Waals surface area contributed by atoms with Gasteiger partial charge in [-0.1, -0.05) is 47.5 Å². The van der Waals surface area contributed by atoms with Gasteiger partial charge in [-0.05, 0) is 36.4 Å². The Bertz CT molecular complexity index is 955. The summed E-state index contributed by atoms with van der Waals surface area (Å²) in [5.74, 6) is -0.524. The molecule has 2 aromatic carbocycles. The van der Waals surface area contributed by atoms with E-state index in [-0.39, 0.29) is 12.3 Å². The number of carbonyl (C=O) groups is 2. The molecule has 1 aromatic heterocycles. The fourth-order valence-corrected chi connectivity index (χ4v) is 2.83. The number of benzene rings is 2. The summed E-state index contributed by atoms with van der Waals surface area (Å²) in [4.78, 5) is 28.1. The Hall–Kier alpha value is -2.89. The molecule has 142 valence electrons. The lowest BCUT2D eigenvalue weighted by molar-refractivity contribution is 0.0473. The predicted molar refractivity (Wildman–Crippen MR) is 106 cm³/mol. The molecule has 0 bridgehead atoms. The molecule has 3 aromatic rings. The average Bonchev–Trinajstić information content (AvgIpc) is 2.72. The normalized spacial score (nSPS) is 10.4. The molecule has 0 aliphatic carbocycles. The molecule has 0 saturated heterocycles. The van der Waals surface area contributed by atoms with Gasteiger partial charge in [-0.3, -0.25) is 4.79 Å². The third kappa shape index (κ3) is 5.09. The second-order valence-electron chi connectivity index (χ2n) is 5.73. The minimum absolute atomic E-state index is 0.169. The second kappa shape index (κ2) is 9.35. The van der Waals surface area contributed by atoms with Gasteiger partial charge in [-0.2, -0.15) is 0 Å². The molecule has 0 atom stereocenters. The quantitative estimate of drug-likeness (QED) is 0.400. The van der Waals surface area contributed by atoms with Crippen LogP contribution in [0.5, 0.6) is 5.75 Å². The van der Waals surface area contributed by atoms with Crippen molar-refractivity contribution in [3.63, 3.8) is 0 Å². The summed E-state index contributed by atoms with van der Waals surface area (Å²) in [5, 5.41) is 1.01. The highest BCUT2D eigenvalue weighted by atomic mass is 35.5. The summed E-state index contributed by atoms with van der Waals surface area (Å²) in [6.07, 6.45) is 1.41. The van der Waals surface area contributed by atoms with Crippen molar-refractivity contribution in [1.82, 2.24) is 4.98 Å². The Labute approximate surface area is 171 Å². The van der Waals surface area contributed by atoms with Gasteiger partial charge >= 0.3 is 5.97 Å². The molecule has 1 heterocycles. The minimum atomic E-state index is -0.564. The Morgan fingerprint density at radius 3 is 2.25 bits per heavy atom. The molecule has 0 spiro atoms. The molecule has 0 radical (unpaired) electrons. The monoisotopic (exact) mass is 415 g/mol. The number of hydrogen-bond donors (Lipinski definition) is 0. The zero-order valence-corrected chi connectivity index (χ0v) is 16.1. The van der Waals surface area contributed by atoms with E-state index >= 15 is 0 Å². The van der Waals surface area contributed by atoms with E-state index in [0.717, 1.165) is 0 Å². The molecule has 0 saturated carbocycles. The van der Waals surface area contributed by atoms with Crippen LogP contribution in [0.3, 0.4) is 0 Å². The van der Waals surface area contributed by atoms with Crippen molar-refractivity contribution in [2.75, 3.05) is 6.61 Å². The van der Waals surface area contributed by atoms with E-state index in [0.29, 0.717) is 26.9 Å². The number of aromatic nitrogens is 1. The number of carbonyl (C=O) groups excluding carboxylic acids is 2. The maximum absolute atomic E-state index is 12.1. The van der Waals surface area contributed by atoms with Crippen LogP contribution in [0.15, 0.2) is 66.9 Å².